The van der Waals surface area contributed by atoms with Crippen molar-refractivity contribution in [3.05, 3.63) is 42.0 Å². The molecule has 0 unspecified atom stereocenters. The summed E-state index contributed by atoms with van der Waals surface area (Å²) >= 11 is 0. The molecule has 0 atom stereocenters. The molecule has 3 heteroatoms. The van der Waals surface area contributed by atoms with Crippen molar-refractivity contribution in [1.29, 1.82) is 0 Å². The molecule has 0 aliphatic heterocycles. The number of halogens is 2. The predicted molar refractivity (Wildman–Crippen MR) is 53.3 cm³/mol. The van der Waals surface area contributed by atoms with Crippen LogP contribution in [0.1, 0.15) is 12.0 Å². The minimum absolute atomic E-state index is 0.000556. The normalized spacial score (nSPS) is 11.1. The van der Waals surface area contributed by atoms with Gasteiger partial charge in [0, 0.05) is 11.3 Å². The molecule has 2 N–H and O–H groups in total. The van der Waals surface area contributed by atoms with E-state index in [1.807, 2.05) is 0 Å². The van der Waals surface area contributed by atoms with Crippen LogP contribution in [0.4, 0.5) is 14.5 Å². The van der Waals surface area contributed by atoms with E-state index in [1.54, 1.807) is 30.3 Å². The van der Waals surface area contributed by atoms with Crippen LogP contribution in [0.3, 0.4) is 0 Å². The van der Waals surface area contributed by atoms with Gasteiger partial charge in [-0.3, -0.25) is 0 Å². The second-order valence-corrected chi connectivity index (χ2v) is 3.13. The van der Waals surface area contributed by atoms with E-state index in [1.165, 1.54) is 6.07 Å². The second kappa shape index (κ2) is 3.25. The Balaban J connectivity index is 2.80. The van der Waals surface area contributed by atoms with Crippen LogP contribution in [-0.2, 0) is 0 Å². The third-order valence-electron chi connectivity index (χ3n) is 2.15. The van der Waals surface area contributed by atoms with Crippen molar-refractivity contribution >= 4 is 16.5 Å². The van der Waals surface area contributed by atoms with E-state index in [4.69, 9.17) is 5.73 Å². The largest absolute Gasteiger partial charge is 0.399 e. The zero-order chi connectivity index (χ0) is 10.1. The van der Waals surface area contributed by atoms with Crippen LogP contribution in [0.5, 0.6) is 0 Å². The lowest BCUT2D eigenvalue weighted by molar-refractivity contribution is 0.153. The van der Waals surface area contributed by atoms with E-state index in [2.05, 4.69) is 0 Å². The molecule has 0 saturated carbocycles. The van der Waals surface area contributed by atoms with Crippen LogP contribution in [-0.4, -0.2) is 0 Å². The Hall–Kier alpha value is -1.64. The van der Waals surface area contributed by atoms with E-state index in [0.717, 1.165) is 5.39 Å². The number of anilines is 1. The molecule has 0 fully saturated rings. The van der Waals surface area contributed by atoms with Gasteiger partial charge in [0.2, 0.25) is 0 Å². The van der Waals surface area contributed by atoms with Crippen LogP contribution in [0.2, 0.25) is 0 Å². The third-order valence-corrected chi connectivity index (χ3v) is 2.15. The number of benzene rings is 2. The topological polar surface area (TPSA) is 26.0 Å². The fraction of sp³-hybridized carbons (Fsp3) is 0.0909. The summed E-state index contributed by atoms with van der Waals surface area (Å²) in [5.41, 5.74) is 5.90. The summed E-state index contributed by atoms with van der Waals surface area (Å²) in [5.74, 6) is 0. The van der Waals surface area contributed by atoms with Gasteiger partial charge in [0.25, 0.3) is 6.43 Å². The molecule has 0 saturated heterocycles. The van der Waals surface area contributed by atoms with Crippen LogP contribution in [0, 0.1) is 0 Å². The SMILES string of the molecule is Nc1cc(C(F)F)c2ccccc2c1. The van der Waals surface area contributed by atoms with Gasteiger partial charge in [-0.1, -0.05) is 24.3 Å². The molecule has 0 aliphatic rings. The Labute approximate surface area is 80.1 Å². The maximum Gasteiger partial charge on any atom is 0.264 e. The number of nitrogens with two attached hydrogens (primary N) is 1. The fourth-order valence-corrected chi connectivity index (χ4v) is 1.54. The van der Waals surface area contributed by atoms with Crippen molar-refractivity contribution in [2.45, 2.75) is 6.43 Å². The Morgan fingerprint density at radius 3 is 2.50 bits per heavy atom. The lowest BCUT2D eigenvalue weighted by atomic mass is 10.0. The molecule has 2 aromatic carbocycles. The summed E-state index contributed by atoms with van der Waals surface area (Å²) in [6.07, 6.45) is -2.48. The van der Waals surface area contributed by atoms with Crippen molar-refractivity contribution in [1.82, 2.24) is 0 Å². The number of rotatable bonds is 1. The predicted octanol–water partition coefficient (Wildman–Crippen LogP) is 3.36. The van der Waals surface area contributed by atoms with Gasteiger partial charge in [0.15, 0.2) is 0 Å². The first kappa shape index (κ1) is 8.94. The van der Waals surface area contributed by atoms with Crippen molar-refractivity contribution in [2.75, 3.05) is 5.73 Å². The van der Waals surface area contributed by atoms with Gasteiger partial charge in [-0.25, -0.2) is 8.78 Å². The molecule has 2 rings (SSSR count). The quantitative estimate of drug-likeness (QED) is 0.690. The summed E-state index contributed by atoms with van der Waals surface area (Å²) in [6.45, 7) is 0. The maximum atomic E-state index is 12.6. The van der Waals surface area contributed by atoms with Gasteiger partial charge in [0.1, 0.15) is 0 Å². The zero-order valence-electron chi connectivity index (χ0n) is 7.37. The summed E-state index contributed by atoms with van der Waals surface area (Å²) in [7, 11) is 0. The summed E-state index contributed by atoms with van der Waals surface area (Å²) in [6, 6.07) is 10.0. The monoisotopic (exact) mass is 193 g/mol. The van der Waals surface area contributed by atoms with Gasteiger partial charge < -0.3 is 5.73 Å². The number of fused-ring (bicyclic) bond motifs is 1. The summed E-state index contributed by atoms with van der Waals surface area (Å²) in [4.78, 5) is 0. The lowest BCUT2D eigenvalue weighted by Crippen LogP contribution is -1.91. The van der Waals surface area contributed by atoms with Crippen LogP contribution in [0.15, 0.2) is 36.4 Å². The third kappa shape index (κ3) is 1.41. The first-order chi connectivity index (χ1) is 6.68. The standard InChI is InChI=1S/C11H9F2N/c12-11(13)10-6-8(14)5-7-3-1-2-4-9(7)10/h1-6,11H,14H2. The highest BCUT2D eigenvalue weighted by molar-refractivity contribution is 5.88. The lowest BCUT2D eigenvalue weighted by Gasteiger charge is -2.06. The van der Waals surface area contributed by atoms with E-state index < -0.39 is 6.43 Å². The average molecular weight is 193 g/mol. The van der Waals surface area contributed by atoms with Crippen molar-refractivity contribution < 1.29 is 8.78 Å². The molecule has 0 radical (unpaired) electrons. The van der Waals surface area contributed by atoms with E-state index in [-0.39, 0.29) is 5.56 Å². The van der Waals surface area contributed by atoms with E-state index in [9.17, 15) is 8.78 Å². The molecule has 2 aromatic rings. The molecule has 72 valence electrons. The zero-order valence-corrected chi connectivity index (χ0v) is 7.37. The molecule has 0 spiro atoms. The summed E-state index contributed by atoms with van der Waals surface area (Å²) in [5, 5.41) is 1.32. The molecule has 0 aliphatic carbocycles. The van der Waals surface area contributed by atoms with Gasteiger partial charge in [-0.15, -0.1) is 0 Å². The molecular weight excluding hydrogens is 184 g/mol. The van der Waals surface area contributed by atoms with Crippen molar-refractivity contribution in [3.63, 3.8) is 0 Å². The van der Waals surface area contributed by atoms with Gasteiger partial charge in [-0.05, 0) is 22.9 Å². The molecule has 0 aromatic heterocycles. The molecule has 0 amide bonds. The number of nitrogen functional groups attached to an aromatic ring is 1. The minimum Gasteiger partial charge on any atom is -0.399 e. The minimum atomic E-state index is -2.48. The Bertz CT molecular complexity index is 466. The highest BCUT2D eigenvalue weighted by atomic mass is 19.3. The van der Waals surface area contributed by atoms with Gasteiger partial charge >= 0.3 is 0 Å². The fourth-order valence-electron chi connectivity index (χ4n) is 1.54. The number of alkyl halides is 2. The molecule has 0 heterocycles. The van der Waals surface area contributed by atoms with Gasteiger partial charge in [-0.2, -0.15) is 0 Å². The highest BCUT2D eigenvalue weighted by Gasteiger charge is 2.11. The first-order valence-corrected chi connectivity index (χ1v) is 4.25. The molecular formula is C11H9F2N. The Morgan fingerprint density at radius 2 is 1.79 bits per heavy atom. The smallest absolute Gasteiger partial charge is 0.264 e. The van der Waals surface area contributed by atoms with Crippen molar-refractivity contribution in [2.24, 2.45) is 0 Å². The maximum absolute atomic E-state index is 12.6. The first-order valence-electron chi connectivity index (χ1n) is 4.25. The Morgan fingerprint density at radius 1 is 1.07 bits per heavy atom. The van der Waals surface area contributed by atoms with Crippen LogP contribution < -0.4 is 5.73 Å². The summed E-state index contributed by atoms with van der Waals surface area (Å²) < 4.78 is 25.2. The van der Waals surface area contributed by atoms with Crippen LogP contribution in [0.25, 0.3) is 10.8 Å². The van der Waals surface area contributed by atoms with E-state index >= 15 is 0 Å². The van der Waals surface area contributed by atoms with Gasteiger partial charge in [0.05, 0.1) is 0 Å². The van der Waals surface area contributed by atoms with Crippen molar-refractivity contribution in [3.8, 4) is 0 Å². The second-order valence-electron chi connectivity index (χ2n) is 3.13. The molecule has 14 heavy (non-hydrogen) atoms. The average Bonchev–Trinajstić information content (AvgIpc) is 2.16. The number of hydrogen-bond donors (Lipinski definition) is 1. The van der Waals surface area contributed by atoms with Crippen LogP contribution >= 0.6 is 0 Å². The number of hydrogen-bond acceptors (Lipinski definition) is 1. The molecule has 1 nitrogen and oxygen atoms in total. The van der Waals surface area contributed by atoms with E-state index in [0.29, 0.717) is 11.1 Å². The Kier molecular flexibility index (Phi) is 2.08. The highest BCUT2D eigenvalue weighted by Crippen LogP contribution is 2.29. The molecule has 0 bridgehead atoms.